The summed E-state index contributed by atoms with van der Waals surface area (Å²) in [5, 5.41) is 13.5. The number of hydrogen-bond donors (Lipinski definition) is 2. The predicted octanol–water partition coefficient (Wildman–Crippen LogP) is 2.84. The normalized spacial score (nSPS) is 12.0. The minimum Gasteiger partial charge on any atom is -0.459 e. The first-order chi connectivity index (χ1) is 13.2. The van der Waals surface area contributed by atoms with E-state index in [9.17, 15) is 9.59 Å². The van der Waals surface area contributed by atoms with Crippen molar-refractivity contribution in [1.29, 1.82) is 0 Å². The van der Waals surface area contributed by atoms with Gasteiger partial charge in [0.2, 0.25) is 17.8 Å². The highest BCUT2D eigenvalue weighted by Gasteiger charge is 2.15. The third kappa shape index (κ3) is 4.20. The number of furan rings is 1. The summed E-state index contributed by atoms with van der Waals surface area (Å²) in [5.74, 6) is 0.975. The minimum atomic E-state index is -0.409. The Morgan fingerprint density at radius 3 is 2.89 bits per heavy atom. The lowest BCUT2D eigenvalue weighted by atomic mass is 10.3. The Balaban J connectivity index is 1.28. The number of thioether (sulfide) groups is 1. The molecule has 0 saturated carbocycles. The number of nitrogens with one attached hydrogen (secondary N) is 2. The molecule has 0 fully saturated rings. The van der Waals surface area contributed by atoms with Gasteiger partial charge in [-0.1, -0.05) is 23.1 Å². The molecule has 2 amide bonds. The van der Waals surface area contributed by atoms with E-state index in [1.54, 1.807) is 30.3 Å². The fraction of sp³-hybridized carbons (Fsp3) is 0.125. The van der Waals surface area contributed by atoms with Gasteiger partial charge in [0, 0.05) is 11.8 Å². The average Bonchev–Trinajstić information content (AvgIpc) is 3.41. The van der Waals surface area contributed by atoms with Crippen molar-refractivity contribution < 1.29 is 23.5 Å². The van der Waals surface area contributed by atoms with Gasteiger partial charge in [0.05, 0.1) is 12.0 Å². The minimum absolute atomic E-state index is 0.148. The number of carbonyl (C=O) groups is 2. The molecule has 0 saturated heterocycles. The summed E-state index contributed by atoms with van der Waals surface area (Å²) in [4.78, 5) is 24.0. The molecule has 0 unspecified atom stereocenters. The monoisotopic (exact) mass is 404 g/mol. The van der Waals surface area contributed by atoms with Crippen LogP contribution in [0.15, 0.2) is 45.4 Å². The molecular formula is C16H12N4O5S2. The van der Waals surface area contributed by atoms with E-state index in [-0.39, 0.29) is 24.2 Å². The van der Waals surface area contributed by atoms with Crippen molar-refractivity contribution in [2.24, 2.45) is 0 Å². The van der Waals surface area contributed by atoms with E-state index in [0.717, 1.165) is 0 Å². The molecule has 0 spiro atoms. The van der Waals surface area contributed by atoms with E-state index in [1.807, 2.05) is 0 Å². The van der Waals surface area contributed by atoms with Crippen molar-refractivity contribution >= 4 is 45.7 Å². The molecule has 1 aromatic carbocycles. The van der Waals surface area contributed by atoms with E-state index in [4.69, 9.17) is 13.9 Å². The summed E-state index contributed by atoms with van der Waals surface area (Å²) in [5.41, 5.74) is 0.619. The van der Waals surface area contributed by atoms with Crippen LogP contribution in [0.2, 0.25) is 0 Å². The largest absolute Gasteiger partial charge is 0.459 e. The number of fused-ring (bicyclic) bond motifs is 1. The summed E-state index contributed by atoms with van der Waals surface area (Å²) in [6, 6.07) is 8.35. The Kier molecular flexibility index (Phi) is 4.94. The van der Waals surface area contributed by atoms with Gasteiger partial charge in [-0.05, 0) is 24.3 Å². The van der Waals surface area contributed by atoms with Crippen LogP contribution in [0.25, 0.3) is 0 Å². The first-order valence-electron chi connectivity index (χ1n) is 7.68. The van der Waals surface area contributed by atoms with Crippen LogP contribution < -0.4 is 20.1 Å². The molecule has 4 rings (SSSR count). The van der Waals surface area contributed by atoms with Gasteiger partial charge < -0.3 is 19.2 Å². The topological polar surface area (TPSA) is 116 Å². The molecule has 3 aromatic rings. The maximum absolute atomic E-state index is 12.1. The van der Waals surface area contributed by atoms with Crippen molar-refractivity contribution in [3.63, 3.8) is 0 Å². The summed E-state index contributed by atoms with van der Waals surface area (Å²) >= 11 is 2.39. The van der Waals surface area contributed by atoms with Gasteiger partial charge in [-0.2, -0.15) is 0 Å². The van der Waals surface area contributed by atoms with Crippen LogP contribution in [0.4, 0.5) is 10.8 Å². The lowest BCUT2D eigenvalue weighted by molar-refractivity contribution is -0.113. The zero-order valence-electron chi connectivity index (χ0n) is 13.6. The van der Waals surface area contributed by atoms with Crippen molar-refractivity contribution in [3.05, 3.63) is 42.4 Å². The lowest BCUT2D eigenvalue weighted by Gasteiger charge is -2.05. The molecule has 3 heterocycles. The van der Waals surface area contributed by atoms with E-state index in [1.165, 1.54) is 29.4 Å². The van der Waals surface area contributed by atoms with Crippen molar-refractivity contribution in [2.75, 3.05) is 23.2 Å². The fourth-order valence-corrected chi connectivity index (χ4v) is 3.73. The molecule has 0 aliphatic carbocycles. The highest BCUT2D eigenvalue weighted by Crippen LogP contribution is 2.34. The number of benzene rings is 1. The Bertz CT molecular complexity index is 973. The fourth-order valence-electron chi connectivity index (χ4n) is 2.18. The van der Waals surface area contributed by atoms with Gasteiger partial charge in [-0.15, -0.1) is 10.2 Å². The van der Waals surface area contributed by atoms with Crippen LogP contribution >= 0.6 is 23.1 Å². The summed E-state index contributed by atoms with van der Waals surface area (Å²) in [6.07, 6.45) is 1.41. The quantitative estimate of drug-likeness (QED) is 0.476. The molecule has 138 valence electrons. The molecule has 2 aromatic heterocycles. The first kappa shape index (κ1) is 17.4. The van der Waals surface area contributed by atoms with Crippen LogP contribution in [0, 0.1) is 0 Å². The number of amides is 2. The number of hydrogen-bond acceptors (Lipinski definition) is 9. The molecule has 2 N–H and O–H groups in total. The second-order valence-corrected chi connectivity index (χ2v) is 7.41. The second-order valence-electron chi connectivity index (χ2n) is 5.21. The highest BCUT2D eigenvalue weighted by atomic mass is 32.2. The second kappa shape index (κ2) is 7.68. The Labute approximate surface area is 161 Å². The standard InChI is InChI=1S/C16H12N4O5S2/c21-13(17-9-3-4-10-12(6-9)25-8-24-10)7-26-16-20-19-15(27-16)18-14(22)11-2-1-5-23-11/h1-6H,7-8H2,(H,17,21)(H,18,19,22). The zero-order chi connectivity index (χ0) is 18.6. The van der Waals surface area contributed by atoms with Gasteiger partial charge in [0.1, 0.15) is 0 Å². The number of rotatable bonds is 6. The maximum atomic E-state index is 12.1. The van der Waals surface area contributed by atoms with Crippen LogP contribution in [0.1, 0.15) is 10.6 Å². The van der Waals surface area contributed by atoms with Crippen molar-refractivity contribution in [2.45, 2.75) is 4.34 Å². The van der Waals surface area contributed by atoms with E-state index >= 15 is 0 Å². The third-order valence-corrected chi connectivity index (χ3v) is 5.33. The van der Waals surface area contributed by atoms with Crippen LogP contribution in [0.3, 0.4) is 0 Å². The summed E-state index contributed by atoms with van der Waals surface area (Å²) in [7, 11) is 0. The summed E-state index contributed by atoms with van der Waals surface area (Å²) < 4.78 is 16.1. The number of anilines is 2. The molecule has 0 bridgehead atoms. The van der Waals surface area contributed by atoms with Crippen LogP contribution in [-0.2, 0) is 4.79 Å². The molecule has 0 atom stereocenters. The molecule has 1 aliphatic heterocycles. The van der Waals surface area contributed by atoms with E-state index < -0.39 is 5.91 Å². The van der Waals surface area contributed by atoms with Crippen molar-refractivity contribution in [1.82, 2.24) is 10.2 Å². The molecule has 1 aliphatic rings. The average molecular weight is 404 g/mol. The van der Waals surface area contributed by atoms with Gasteiger partial charge >= 0.3 is 0 Å². The Morgan fingerprint density at radius 2 is 2.04 bits per heavy atom. The zero-order valence-corrected chi connectivity index (χ0v) is 15.3. The number of carbonyl (C=O) groups excluding carboxylic acids is 2. The van der Waals surface area contributed by atoms with Crippen LogP contribution in [-0.4, -0.2) is 34.6 Å². The molecule has 0 radical (unpaired) electrons. The van der Waals surface area contributed by atoms with Gasteiger partial charge in [0.25, 0.3) is 5.91 Å². The highest BCUT2D eigenvalue weighted by molar-refractivity contribution is 8.01. The van der Waals surface area contributed by atoms with Gasteiger partial charge in [-0.3, -0.25) is 14.9 Å². The van der Waals surface area contributed by atoms with Crippen molar-refractivity contribution in [3.8, 4) is 11.5 Å². The Morgan fingerprint density at radius 1 is 1.15 bits per heavy atom. The molecule has 11 heteroatoms. The SMILES string of the molecule is O=C(CSc1nnc(NC(=O)c2ccco2)s1)Nc1ccc2c(c1)OCO2. The first-order valence-corrected chi connectivity index (χ1v) is 9.48. The lowest BCUT2D eigenvalue weighted by Crippen LogP contribution is -2.13. The number of aromatic nitrogens is 2. The molecular weight excluding hydrogens is 392 g/mol. The van der Waals surface area contributed by atoms with Gasteiger partial charge in [0.15, 0.2) is 21.6 Å². The number of ether oxygens (including phenoxy) is 2. The van der Waals surface area contributed by atoms with E-state index in [2.05, 4.69) is 20.8 Å². The van der Waals surface area contributed by atoms with Gasteiger partial charge in [-0.25, -0.2) is 0 Å². The predicted molar refractivity (Wildman–Crippen MR) is 98.5 cm³/mol. The van der Waals surface area contributed by atoms with E-state index in [0.29, 0.717) is 26.7 Å². The number of nitrogens with zero attached hydrogens (tertiary/aromatic N) is 2. The summed E-state index contributed by atoms with van der Waals surface area (Å²) in [6.45, 7) is 0.179. The molecule has 9 nitrogen and oxygen atoms in total. The maximum Gasteiger partial charge on any atom is 0.293 e. The Hall–Kier alpha value is -3.05. The third-order valence-electron chi connectivity index (χ3n) is 3.35. The molecule has 27 heavy (non-hydrogen) atoms. The van der Waals surface area contributed by atoms with Crippen LogP contribution in [0.5, 0.6) is 11.5 Å². The smallest absolute Gasteiger partial charge is 0.293 e.